The van der Waals surface area contributed by atoms with E-state index in [0.29, 0.717) is 19.3 Å². The normalized spacial score (nSPS) is 12.1. The van der Waals surface area contributed by atoms with Crippen molar-refractivity contribution >= 4 is 11.6 Å². The van der Waals surface area contributed by atoms with Crippen LogP contribution >= 0.6 is 0 Å². The van der Waals surface area contributed by atoms with Crippen LogP contribution in [0.15, 0.2) is 24.3 Å². The zero-order chi connectivity index (χ0) is 12.7. The summed E-state index contributed by atoms with van der Waals surface area (Å²) in [6.45, 7) is 1.98. The molecule has 0 heterocycles. The summed E-state index contributed by atoms with van der Waals surface area (Å²) < 4.78 is 0. The summed E-state index contributed by atoms with van der Waals surface area (Å²) in [7, 11) is 0. The van der Waals surface area contributed by atoms with Crippen molar-refractivity contribution in [1.29, 1.82) is 0 Å². The van der Waals surface area contributed by atoms with Crippen LogP contribution in [0.2, 0.25) is 0 Å². The lowest BCUT2D eigenvalue weighted by Crippen LogP contribution is -2.33. The van der Waals surface area contributed by atoms with E-state index in [1.807, 2.05) is 31.2 Å². The minimum atomic E-state index is 0.0165. The number of amides is 1. The Morgan fingerprint density at radius 3 is 2.65 bits per heavy atom. The highest BCUT2D eigenvalue weighted by molar-refractivity contribution is 5.76. The minimum Gasteiger partial charge on any atom is -0.399 e. The van der Waals surface area contributed by atoms with Crippen molar-refractivity contribution in [2.75, 3.05) is 12.3 Å². The number of aliphatic hydroxyl groups excluding tert-OH is 1. The zero-order valence-corrected chi connectivity index (χ0v) is 10.1. The maximum absolute atomic E-state index is 11.6. The number of hydrogen-bond donors (Lipinski definition) is 3. The molecule has 1 unspecified atom stereocenters. The van der Waals surface area contributed by atoms with Gasteiger partial charge in [0.15, 0.2) is 0 Å². The molecule has 0 aliphatic rings. The van der Waals surface area contributed by atoms with Crippen LogP contribution in [0.4, 0.5) is 5.69 Å². The molecule has 0 aliphatic carbocycles. The largest absolute Gasteiger partial charge is 0.399 e. The molecule has 0 radical (unpaired) electrons. The third-order valence-electron chi connectivity index (χ3n) is 2.59. The number of anilines is 1. The Kier molecular flexibility index (Phi) is 5.49. The van der Waals surface area contributed by atoms with Crippen LogP contribution in [0.1, 0.15) is 25.3 Å². The number of nitrogens with one attached hydrogen (secondary N) is 1. The molecule has 4 nitrogen and oxygen atoms in total. The smallest absolute Gasteiger partial charge is 0.220 e. The fourth-order valence-electron chi connectivity index (χ4n) is 1.55. The number of carbonyl (C=O) groups excluding carboxylic acids is 1. The van der Waals surface area contributed by atoms with E-state index in [4.69, 9.17) is 10.8 Å². The molecule has 4 N–H and O–H groups in total. The first-order chi connectivity index (χ1) is 8.11. The molecule has 0 bridgehead atoms. The van der Waals surface area contributed by atoms with Gasteiger partial charge >= 0.3 is 0 Å². The lowest BCUT2D eigenvalue weighted by Gasteiger charge is -2.12. The van der Waals surface area contributed by atoms with Crippen molar-refractivity contribution in [2.24, 2.45) is 0 Å². The molecule has 1 rings (SSSR count). The molecular formula is C13H20N2O2. The van der Waals surface area contributed by atoms with Gasteiger partial charge in [0.1, 0.15) is 0 Å². The monoisotopic (exact) mass is 236 g/mol. The van der Waals surface area contributed by atoms with Crippen LogP contribution in [-0.2, 0) is 11.2 Å². The number of benzene rings is 1. The molecule has 0 aromatic heterocycles. The Hall–Kier alpha value is -1.55. The van der Waals surface area contributed by atoms with Gasteiger partial charge in [0.05, 0.1) is 0 Å². The molecule has 0 spiro atoms. The van der Waals surface area contributed by atoms with E-state index in [9.17, 15) is 4.79 Å². The molecule has 0 saturated carbocycles. The average molecular weight is 236 g/mol. The maximum atomic E-state index is 11.6. The lowest BCUT2D eigenvalue weighted by atomic mass is 10.1. The van der Waals surface area contributed by atoms with Crippen LogP contribution < -0.4 is 11.1 Å². The molecule has 4 heteroatoms. The molecule has 17 heavy (non-hydrogen) atoms. The Morgan fingerprint density at radius 1 is 1.41 bits per heavy atom. The van der Waals surface area contributed by atoms with Gasteiger partial charge in [-0.05, 0) is 37.5 Å². The summed E-state index contributed by atoms with van der Waals surface area (Å²) in [6, 6.07) is 7.56. The molecule has 0 fully saturated rings. The summed E-state index contributed by atoms with van der Waals surface area (Å²) in [5.74, 6) is 0.0165. The predicted molar refractivity (Wildman–Crippen MR) is 68.5 cm³/mol. The summed E-state index contributed by atoms with van der Waals surface area (Å²) in [6.07, 6.45) is 1.76. The summed E-state index contributed by atoms with van der Waals surface area (Å²) in [5.41, 5.74) is 7.41. The third kappa shape index (κ3) is 5.36. The Morgan fingerprint density at radius 2 is 2.06 bits per heavy atom. The minimum absolute atomic E-state index is 0.0165. The van der Waals surface area contributed by atoms with Gasteiger partial charge in [-0.3, -0.25) is 4.79 Å². The highest BCUT2D eigenvalue weighted by Crippen LogP contribution is 2.07. The molecule has 0 saturated heterocycles. The average Bonchev–Trinajstić information content (AvgIpc) is 2.28. The summed E-state index contributed by atoms with van der Waals surface area (Å²) >= 11 is 0. The first kappa shape index (κ1) is 13.5. The van der Waals surface area contributed by atoms with Gasteiger partial charge in [0, 0.05) is 24.8 Å². The van der Waals surface area contributed by atoms with E-state index in [2.05, 4.69) is 5.32 Å². The standard InChI is InChI=1S/C13H20N2O2/c1-10(8-9-16)15-13(17)7-4-11-2-5-12(14)6-3-11/h2-3,5-6,10,16H,4,7-9,14H2,1H3,(H,15,17). The SMILES string of the molecule is CC(CCO)NC(=O)CCc1ccc(N)cc1. The Labute approximate surface area is 102 Å². The van der Waals surface area contributed by atoms with Crippen LogP contribution in [0.3, 0.4) is 0 Å². The van der Waals surface area contributed by atoms with Gasteiger partial charge in [-0.1, -0.05) is 12.1 Å². The Balaban J connectivity index is 2.30. The fourth-order valence-corrected chi connectivity index (χ4v) is 1.55. The molecule has 1 atom stereocenters. The third-order valence-corrected chi connectivity index (χ3v) is 2.59. The van der Waals surface area contributed by atoms with Gasteiger partial charge in [-0.15, -0.1) is 0 Å². The summed E-state index contributed by atoms with van der Waals surface area (Å²) in [4.78, 5) is 11.6. The van der Waals surface area contributed by atoms with Gasteiger partial charge < -0.3 is 16.2 Å². The topological polar surface area (TPSA) is 75.3 Å². The van der Waals surface area contributed by atoms with Gasteiger partial charge in [-0.2, -0.15) is 0 Å². The quantitative estimate of drug-likeness (QED) is 0.647. The van der Waals surface area contributed by atoms with Crippen molar-refractivity contribution in [3.8, 4) is 0 Å². The molecular weight excluding hydrogens is 216 g/mol. The molecule has 1 amide bonds. The van der Waals surface area contributed by atoms with E-state index in [1.54, 1.807) is 0 Å². The fraction of sp³-hybridized carbons (Fsp3) is 0.462. The second kappa shape index (κ2) is 6.91. The van der Waals surface area contributed by atoms with Crippen molar-refractivity contribution in [1.82, 2.24) is 5.32 Å². The van der Waals surface area contributed by atoms with E-state index in [1.165, 1.54) is 0 Å². The molecule has 1 aromatic carbocycles. The number of carbonyl (C=O) groups is 1. The van der Waals surface area contributed by atoms with Crippen molar-refractivity contribution in [3.05, 3.63) is 29.8 Å². The Bertz CT molecular complexity index is 349. The molecule has 94 valence electrons. The molecule has 1 aromatic rings. The second-order valence-corrected chi connectivity index (χ2v) is 4.22. The lowest BCUT2D eigenvalue weighted by molar-refractivity contribution is -0.121. The number of aryl methyl sites for hydroxylation is 1. The first-order valence-corrected chi connectivity index (χ1v) is 5.86. The van der Waals surface area contributed by atoms with E-state index in [0.717, 1.165) is 11.3 Å². The number of aliphatic hydroxyl groups is 1. The second-order valence-electron chi connectivity index (χ2n) is 4.22. The van der Waals surface area contributed by atoms with Crippen molar-refractivity contribution in [2.45, 2.75) is 32.2 Å². The van der Waals surface area contributed by atoms with Crippen LogP contribution in [0.25, 0.3) is 0 Å². The number of nitrogen functional groups attached to an aromatic ring is 1. The van der Waals surface area contributed by atoms with E-state index in [-0.39, 0.29) is 18.6 Å². The zero-order valence-electron chi connectivity index (χ0n) is 10.1. The van der Waals surface area contributed by atoms with Crippen molar-refractivity contribution in [3.63, 3.8) is 0 Å². The van der Waals surface area contributed by atoms with E-state index < -0.39 is 0 Å². The highest BCUT2D eigenvalue weighted by atomic mass is 16.3. The predicted octanol–water partition coefficient (Wildman–Crippen LogP) is 1.09. The van der Waals surface area contributed by atoms with E-state index >= 15 is 0 Å². The first-order valence-electron chi connectivity index (χ1n) is 5.86. The van der Waals surface area contributed by atoms with Gasteiger partial charge in [-0.25, -0.2) is 0 Å². The maximum Gasteiger partial charge on any atom is 0.220 e. The molecule has 0 aliphatic heterocycles. The van der Waals surface area contributed by atoms with Crippen LogP contribution in [-0.4, -0.2) is 23.7 Å². The highest BCUT2D eigenvalue weighted by Gasteiger charge is 2.06. The van der Waals surface area contributed by atoms with Gasteiger partial charge in [0.25, 0.3) is 0 Å². The summed E-state index contributed by atoms with van der Waals surface area (Å²) in [5, 5.41) is 11.6. The van der Waals surface area contributed by atoms with Crippen LogP contribution in [0, 0.1) is 0 Å². The van der Waals surface area contributed by atoms with Gasteiger partial charge in [0.2, 0.25) is 5.91 Å². The number of rotatable bonds is 6. The number of hydrogen-bond acceptors (Lipinski definition) is 3. The van der Waals surface area contributed by atoms with Crippen molar-refractivity contribution < 1.29 is 9.90 Å². The van der Waals surface area contributed by atoms with Crippen LogP contribution in [0.5, 0.6) is 0 Å². The number of nitrogens with two attached hydrogens (primary N) is 1.